The standard InChI is InChI=1S/C13H28NO4PS/c1-11(2)13(15)14-9-7-5-6-8-10-17-19(16,20)18-12(3)4/h11-12H,5-10H2,1-4H3,(H,14,15)(H,16,20)/p-1. The van der Waals surface area contributed by atoms with Gasteiger partial charge < -0.3 is 19.3 Å². The van der Waals surface area contributed by atoms with Crippen LogP contribution in [0.25, 0.3) is 0 Å². The molecular formula is C13H27NO4PS-. The SMILES string of the molecule is CC(C)OP([O-])(=S)OCCCCCCNC(=O)C(C)C. The number of carbonyl (C=O) groups is 1. The first kappa shape index (κ1) is 20.0. The van der Waals surface area contributed by atoms with E-state index < -0.39 is 6.72 Å². The van der Waals surface area contributed by atoms with Gasteiger partial charge in [-0.05, 0) is 26.7 Å². The van der Waals surface area contributed by atoms with E-state index >= 15 is 0 Å². The van der Waals surface area contributed by atoms with E-state index in [0.717, 1.165) is 25.7 Å². The van der Waals surface area contributed by atoms with Crippen LogP contribution in [-0.2, 0) is 25.6 Å². The maximum Gasteiger partial charge on any atom is 0.222 e. The van der Waals surface area contributed by atoms with E-state index in [1.54, 1.807) is 13.8 Å². The molecule has 0 saturated carbocycles. The van der Waals surface area contributed by atoms with E-state index in [9.17, 15) is 9.69 Å². The minimum absolute atomic E-state index is 0.0329. The Hall–Kier alpha value is 0. The third-order valence-electron chi connectivity index (χ3n) is 2.48. The molecule has 0 aliphatic rings. The normalized spacial score (nSPS) is 14.6. The van der Waals surface area contributed by atoms with Gasteiger partial charge in [-0.25, -0.2) is 0 Å². The monoisotopic (exact) mass is 324 g/mol. The largest absolute Gasteiger partial charge is 0.780 e. The summed E-state index contributed by atoms with van der Waals surface area (Å²) >= 11 is 4.76. The number of rotatable bonds is 11. The molecule has 0 aromatic carbocycles. The van der Waals surface area contributed by atoms with Gasteiger partial charge in [-0.15, -0.1) is 0 Å². The zero-order valence-corrected chi connectivity index (χ0v) is 14.6. The number of carbonyl (C=O) groups excluding carboxylic acids is 1. The van der Waals surface area contributed by atoms with Gasteiger partial charge >= 0.3 is 0 Å². The highest BCUT2D eigenvalue weighted by atomic mass is 32.5. The number of amides is 1. The van der Waals surface area contributed by atoms with Crippen LogP contribution in [0.4, 0.5) is 0 Å². The van der Waals surface area contributed by atoms with E-state index in [4.69, 9.17) is 20.9 Å². The molecule has 7 heteroatoms. The lowest BCUT2D eigenvalue weighted by Crippen LogP contribution is -2.28. The Bertz CT molecular complexity index is 323. The van der Waals surface area contributed by atoms with Crippen molar-refractivity contribution in [3.8, 4) is 0 Å². The molecule has 1 N–H and O–H groups in total. The van der Waals surface area contributed by atoms with Crippen molar-refractivity contribution in [2.75, 3.05) is 13.2 Å². The molecule has 0 fully saturated rings. The van der Waals surface area contributed by atoms with E-state index in [1.807, 2.05) is 13.8 Å². The second-order valence-electron chi connectivity index (χ2n) is 5.29. The lowest BCUT2D eigenvalue weighted by Gasteiger charge is -2.29. The highest BCUT2D eigenvalue weighted by Gasteiger charge is 2.06. The fourth-order valence-corrected chi connectivity index (χ4v) is 3.13. The van der Waals surface area contributed by atoms with Crippen LogP contribution in [0.3, 0.4) is 0 Å². The Balaban J connectivity index is 3.45. The van der Waals surface area contributed by atoms with Crippen LogP contribution in [0.5, 0.6) is 0 Å². The van der Waals surface area contributed by atoms with Crippen LogP contribution in [-0.4, -0.2) is 25.2 Å². The minimum atomic E-state index is -3.31. The molecule has 1 amide bonds. The first-order valence-electron chi connectivity index (χ1n) is 7.16. The van der Waals surface area contributed by atoms with Gasteiger partial charge in [0, 0.05) is 12.5 Å². The van der Waals surface area contributed by atoms with Crippen molar-refractivity contribution in [3.05, 3.63) is 0 Å². The maximum atomic E-state index is 11.6. The molecule has 0 aliphatic heterocycles. The molecule has 0 heterocycles. The third-order valence-corrected chi connectivity index (χ3v) is 4.24. The summed E-state index contributed by atoms with van der Waals surface area (Å²) in [6, 6.07) is 0. The first-order chi connectivity index (χ1) is 9.24. The van der Waals surface area contributed by atoms with Crippen molar-refractivity contribution >= 4 is 24.4 Å². The molecule has 0 rings (SSSR count). The number of hydrogen-bond donors (Lipinski definition) is 1. The van der Waals surface area contributed by atoms with E-state index in [-0.39, 0.29) is 17.9 Å². The first-order valence-corrected chi connectivity index (χ1v) is 9.72. The molecule has 0 bridgehead atoms. The molecule has 20 heavy (non-hydrogen) atoms. The van der Waals surface area contributed by atoms with Gasteiger partial charge in [-0.1, -0.05) is 38.5 Å². The van der Waals surface area contributed by atoms with Gasteiger partial charge in [0.15, 0.2) is 0 Å². The number of hydrogen-bond acceptors (Lipinski definition) is 5. The van der Waals surface area contributed by atoms with Crippen molar-refractivity contribution in [3.63, 3.8) is 0 Å². The van der Waals surface area contributed by atoms with Gasteiger partial charge in [0.05, 0.1) is 12.7 Å². The van der Waals surface area contributed by atoms with Crippen molar-refractivity contribution in [2.24, 2.45) is 5.92 Å². The number of unbranched alkanes of at least 4 members (excludes halogenated alkanes) is 3. The quantitative estimate of drug-likeness (QED) is 0.466. The molecule has 1 unspecified atom stereocenters. The van der Waals surface area contributed by atoms with Crippen molar-refractivity contribution in [1.82, 2.24) is 5.32 Å². The summed E-state index contributed by atoms with van der Waals surface area (Å²) in [5.41, 5.74) is 0. The fraction of sp³-hybridized carbons (Fsp3) is 0.923. The van der Waals surface area contributed by atoms with Crippen LogP contribution >= 0.6 is 6.72 Å². The van der Waals surface area contributed by atoms with Gasteiger partial charge in [-0.2, -0.15) is 0 Å². The molecule has 0 aromatic heterocycles. The lowest BCUT2D eigenvalue weighted by molar-refractivity contribution is -0.209. The predicted molar refractivity (Wildman–Crippen MR) is 82.8 cm³/mol. The second kappa shape index (κ2) is 10.7. The molecule has 0 saturated heterocycles. The second-order valence-corrected chi connectivity index (χ2v) is 8.00. The Morgan fingerprint density at radius 2 is 1.80 bits per heavy atom. The van der Waals surface area contributed by atoms with E-state index in [0.29, 0.717) is 13.2 Å². The lowest BCUT2D eigenvalue weighted by atomic mass is 10.2. The number of nitrogens with one attached hydrogen (secondary N) is 1. The average molecular weight is 324 g/mol. The summed E-state index contributed by atoms with van der Waals surface area (Å²) in [6.45, 7) is 5.04. The van der Waals surface area contributed by atoms with Crippen LogP contribution in [0.1, 0.15) is 53.4 Å². The highest BCUT2D eigenvalue weighted by Crippen LogP contribution is 2.40. The van der Waals surface area contributed by atoms with Gasteiger partial charge in [-0.3, -0.25) is 4.79 Å². The summed E-state index contributed by atoms with van der Waals surface area (Å²) in [4.78, 5) is 22.9. The molecule has 0 aromatic rings. The van der Waals surface area contributed by atoms with E-state index in [2.05, 4.69) is 5.32 Å². The molecule has 1 atom stereocenters. The molecule has 5 nitrogen and oxygen atoms in total. The van der Waals surface area contributed by atoms with Crippen molar-refractivity contribution in [2.45, 2.75) is 59.5 Å². The molecular weight excluding hydrogens is 297 g/mol. The summed E-state index contributed by atoms with van der Waals surface area (Å²) in [5.74, 6) is 0.122. The van der Waals surface area contributed by atoms with Gasteiger partial charge in [0.1, 0.15) is 6.72 Å². The molecule has 0 radical (unpaired) electrons. The van der Waals surface area contributed by atoms with Crippen LogP contribution in [0.2, 0.25) is 0 Å². The van der Waals surface area contributed by atoms with Crippen molar-refractivity contribution in [1.29, 1.82) is 0 Å². The van der Waals surface area contributed by atoms with E-state index in [1.165, 1.54) is 0 Å². The topological polar surface area (TPSA) is 70.6 Å². The summed E-state index contributed by atoms with van der Waals surface area (Å²) < 4.78 is 10.1. The van der Waals surface area contributed by atoms with Crippen LogP contribution in [0, 0.1) is 5.92 Å². The van der Waals surface area contributed by atoms with Gasteiger partial charge in [0.25, 0.3) is 0 Å². The Labute approximate surface area is 127 Å². The zero-order valence-electron chi connectivity index (χ0n) is 12.9. The predicted octanol–water partition coefficient (Wildman–Crippen LogP) is 2.35. The smallest absolute Gasteiger partial charge is 0.222 e. The summed E-state index contributed by atoms with van der Waals surface area (Å²) in [7, 11) is 0. The zero-order chi connectivity index (χ0) is 15.6. The Kier molecular flexibility index (Phi) is 10.7. The Morgan fingerprint density at radius 3 is 2.35 bits per heavy atom. The molecule has 0 spiro atoms. The summed E-state index contributed by atoms with van der Waals surface area (Å²) in [6.07, 6.45) is 3.48. The van der Waals surface area contributed by atoms with Gasteiger partial charge in [0.2, 0.25) is 5.91 Å². The Morgan fingerprint density at radius 1 is 1.20 bits per heavy atom. The van der Waals surface area contributed by atoms with Crippen LogP contribution in [0.15, 0.2) is 0 Å². The highest BCUT2D eigenvalue weighted by molar-refractivity contribution is 8.06. The minimum Gasteiger partial charge on any atom is -0.780 e. The average Bonchev–Trinajstić information content (AvgIpc) is 2.30. The molecule has 0 aliphatic carbocycles. The van der Waals surface area contributed by atoms with Crippen LogP contribution < -0.4 is 10.2 Å². The maximum absolute atomic E-state index is 11.6. The fourth-order valence-electron chi connectivity index (χ4n) is 1.46. The van der Waals surface area contributed by atoms with Crippen molar-refractivity contribution < 1.29 is 18.7 Å². The summed E-state index contributed by atoms with van der Waals surface area (Å²) in [5, 5.41) is 2.87. The molecule has 120 valence electrons. The third kappa shape index (κ3) is 11.8.